The average molecular weight is 315 g/mol. The first-order valence-electron chi connectivity index (χ1n) is 6.59. The Morgan fingerprint density at radius 2 is 2.05 bits per heavy atom. The molecule has 3 nitrogen and oxygen atoms in total. The first-order valence-corrected chi connectivity index (χ1v) is 7.41. The molecule has 0 radical (unpaired) electrons. The molecule has 0 fully saturated rings. The summed E-state index contributed by atoms with van der Waals surface area (Å²) < 4.78 is 38.1. The van der Waals surface area contributed by atoms with Crippen LogP contribution < -0.4 is 5.32 Å². The Bertz CT molecular complexity index is 595. The second-order valence-corrected chi connectivity index (χ2v) is 5.81. The van der Waals surface area contributed by atoms with Crippen LogP contribution in [0.1, 0.15) is 40.4 Å². The highest BCUT2D eigenvalue weighted by Crippen LogP contribution is 2.35. The molecule has 2 heterocycles. The number of aryl methyl sites for hydroxylation is 1. The van der Waals surface area contributed by atoms with E-state index in [1.54, 1.807) is 12.4 Å². The smallest absolute Gasteiger partial charge is 0.306 e. The van der Waals surface area contributed by atoms with Gasteiger partial charge in [-0.2, -0.15) is 13.2 Å². The van der Waals surface area contributed by atoms with Crippen LogP contribution in [0.4, 0.5) is 13.2 Å². The summed E-state index contributed by atoms with van der Waals surface area (Å²) in [4.78, 5) is 8.16. The molecule has 2 aromatic heterocycles. The summed E-state index contributed by atoms with van der Waals surface area (Å²) in [7, 11) is 0. The predicted molar refractivity (Wildman–Crippen MR) is 76.2 cm³/mol. The third-order valence-electron chi connectivity index (χ3n) is 2.88. The highest BCUT2D eigenvalue weighted by Gasteiger charge is 2.35. The number of nitrogens with one attached hydrogen (secondary N) is 1. The van der Waals surface area contributed by atoms with Gasteiger partial charge in [-0.15, -0.1) is 11.3 Å². The summed E-state index contributed by atoms with van der Waals surface area (Å²) >= 11 is 0.673. The van der Waals surface area contributed by atoms with Gasteiger partial charge in [-0.3, -0.25) is 4.98 Å². The predicted octanol–water partition coefficient (Wildman–Crippen LogP) is 3.95. The van der Waals surface area contributed by atoms with Crippen molar-refractivity contribution in [2.24, 2.45) is 0 Å². The van der Waals surface area contributed by atoms with E-state index in [1.807, 2.05) is 19.9 Å². The molecule has 2 rings (SSSR count). The lowest BCUT2D eigenvalue weighted by atomic mass is 10.1. The lowest BCUT2D eigenvalue weighted by molar-refractivity contribution is -0.137. The summed E-state index contributed by atoms with van der Waals surface area (Å²) in [6, 6.07) is 1.61. The van der Waals surface area contributed by atoms with Crippen molar-refractivity contribution in [2.75, 3.05) is 6.54 Å². The van der Waals surface area contributed by atoms with E-state index in [0.717, 1.165) is 17.5 Å². The topological polar surface area (TPSA) is 37.8 Å². The quantitative estimate of drug-likeness (QED) is 0.907. The summed E-state index contributed by atoms with van der Waals surface area (Å²) in [5, 5.41) is 2.44. The summed E-state index contributed by atoms with van der Waals surface area (Å²) in [6.45, 7) is 4.62. The normalized spacial score (nSPS) is 13.4. The third-order valence-corrected chi connectivity index (χ3v) is 3.99. The molecule has 114 valence electrons. The fourth-order valence-corrected chi connectivity index (χ4v) is 2.85. The minimum Gasteiger partial charge on any atom is -0.306 e. The average Bonchev–Trinajstić information content (AvgIpc) is 2.89. The molecule has 0 aromatic carbocycles. The van der Waals surface area contributed by atoms with E-state index >= 15 is 0 Å². The highest BCUT2D eigenvalue weighted by molar-refractivity contribution is 7.11. The fraction of sp³-hybridized carbons (Fsp3) is 0.429. The van der Waals surface area contributed by atoms with E-state index in [1.165, 1.54) is 6.20 Å². The van der Waals surface area contributed by atoms with Gasteiger partial charge in [0.25, 0.3) is 0 Å². The first-order chi connectivity index (χ1) is 9.91. The molecule has 0 saturated carbocycles. The molecule has 0 bridgehead atoms. The van der Waals surface area contributed by atoms with Crippen molar-refractivity contribution < 1.29 is 13.2 Å². The van der Waals surface area contributed by atoms with E-state index in [4.69, 9.17) is 0 Å². The molecule has 21 heavy (non-hydrogen) atoms. The number of halogens is 3. The van der Waals surface area contributed by atoms with E-state index in [0.29, 0.717) is 22.8 Å². The monoisotopic (exact) mass is 315 g/mol. The Morgan fingerprint density at radius 1 is 1.29 bits per heavy atom. The number of rotatable bonds is 5. The van der Waals surface area contributed by atoms with Crippen molar-refractivity contribution in [1.29, 1.82) is 0 Å². The number of hydrogen-bond donors (Lipinski definition) is 1. The van der Waals surface area contributed by atoms with Crippen LogP contribution in [0.5, 0.6) is 0 Å². The highest BCUT2D eigenvalue weighted by atomic mass is 32.1. The maximum absolute atomic E-state index is 12.7. The SMILES string of the molecule is CCCNC(c1cncc(C)c1)c1cnc(C(F)(F)F)s1. The molecule has 0 aliphatic rings. The zero-order valence-electron chi connectivity index (χ0n) is 11.7. The summed E-state index contributed by atoms with van der Waals surface area (Å²) in [6.07, 6.45) is 1.18. The van der Waals surface area contributed by atoms with Crippen molar-refractivity contribution in [2.45, 2.75) is 32.5 Å². The number of pyridine rings is 1. The van der Waals surface area contributed by atoms with Crippen LogP contribution in [0.15, 0.2) is 24.7 Å². The molecule has 0 spiro atoms. The van der Waals surface area contributed by atoms with E-state index in [2.05, 4.69) is 15.3 Å². The molecule has 0 amide bonds. The molecule has 7 heteroatoms. The van der Waals surface area contributed by atoms with Gasteiger partial charge in [0.05, 0.1) is 6.04 Å². The molecular weight excluding hydrogens is 299 g/mol. The van der Waals surface area contributed by atoms with E-state index < -0.39 is 11.2 Å². The molecule has 2 aromatic rings. The minimum absolute atomic E-state index is 0.314. The molecule has 1 atom stereocenters. The van der Waals surface area contributed by atoms with Gasteiger partial charge < -0.3 is 5.32 Å². The number of nitrogens with zero attached hydrogens (tertiary/aromatic N) is 2. The Balaban J connectivity index is 2.34. The van der Waals surface area contributed by atoms with Gasteiger partial charge in [0.1, 0.15) is 0 Å². The van der Waals surface area contributed by atoms with Crippen molar-refractivity contribution in [3.8, 4) is 0 Å². The molecule has 0 saturated heterocycles. The zero-order chi connectivity index (χ0) is 15.5. The Labute approximate surface area is 125 Å². The van der Waals surface area contributed by atoms with Crippen LogP contribution in [-0.4, -0.2) is 16.5 Å². The molecule has 1 unspecified atom stereocenters. The van der Waals surface area contributed by atoms with Gasteiger partial charge in [0, 0.05) is 23.5 Å². The maximum Gasteiger partial charge on any atom is 0.443 e. The standard InChI is InChI=1S/C14H16F3N3S/c1-3-4-19-12(10-5-9(2)6-18-7-10)11-8-20-13(21-11)14(15,16)17/h5-8,12,19H,3-4H2,1-2H3. The van der Waals surface area contributed by atoms with E-state index in [-0.39, 0.29) is 6.04 Å². The number of thiazole rings is 1. The second kappa shape index (κ2) is 6.53. The van der Waals surface area contributed by atoms with Crippen LogP contribution in [0.25, 0.3) is 0 Å². The molecule has 0 aliphatic carbocycles. The fourth-order valence-electron chi connectivity index (χ4n) is 1.96. The van der Waals surface area contributed by atoms with E-state index in [9.17, 15) is 13.2 Å². The van der Waals surface area contributed by atoms with Gasteiger partial charge in [-0.1, -0.05) is 13.0 Å². The first kappa shape index (κ1) is 15.9. The maximum atomic E-state index is 12.7. The molecule has 1 N–H and O–H groups in total. The molecule has 0 aliphatic heterocycles. The van der Waals surface area contributed by atoms with Gasteiger partial charge in [-0.25, -0.2) is 4.98 Å². The van der Waals surface area contributed by atoms with Crippen molar-refractivity contribution in [1.82, 2.24) is 15.3 Å². The van der Waals surface area contributed by atoms with Crippen LogP contribution in [0.3, 0.4) is 0 Å². The Morgan fingerprint density at radius 3 is 2.62 bits per heavy atom. The summed E-state index contributed by atoms with van der Waals surface area (Å²) in [5.41, 5.74) is 1.82. The number of aromatic nitrogens is 2. The van der Waals surface area contributed by atoms with Crippen molar-refractivity contribution >= 4 is 11.3 Å². The number of alkyl halides is 3. The van der Waals surface area contributed by atoms with Crippen molar-refractivity contribution in [3.05, 3.63) is 45.7 Å². The minimum atomic E-state index is -4.40. The van der Waals surface area contributed by atoms with Crippen molar-refractivity contribution in [3.63, 3.8) is 0 Å². The largest absolute Gasteiger partial charge is 0.443 e. The van der Waals surface area contributed by atoms with Crippen LogP contribution in [0.2, 0.25) is 0 Å². The lowest BCUT2D eigenvalue weighted by Gasteiger charge is -2.17. The van der Waals surface area contributed by atoms with Gasteiger partial charge in [0.2, 0.25) is 0 Å². The molecular formula is C14H16F3N3S. The summed E-state index contributed by atoms with van der Waals surface area (Å²) in [5.74, 6) is 0. The Hall–Kier alpha value is -1.47. The lowest BCUT2D eigenvalue weighted by Crippen LogP contribution is -2.22. The van der Waals surface area contributed by atoms with Gasteiger partial charge in [0.15, 0.2) is 5.01 Å². The van der Waals surface area contributed by atoms with Crippen LogP contribution in [0, 0.1) is 6.92 Å². The van der Waals surface area contributed by atoms with Gasteiger partial charge >= 0.3 is 6.18 Å². The van der Waals surface area contributed by atoms with Gasteiger partial charge in [-0.05, 0) is 31.0 Å². The Kier molecular flexibility index (Phi) is 4.95. The third kappa shape index (κ3) is 4.01. The van der Waals surface area contributed by atoms with Crippen LogP contribution in [-0.2, 0) is 6.18 Å². The zero-order valence-corrected chi connectivity index (χ0v) is 12.6. The second-order valence-electron chi connectivity index (χ2n) is 4.75. The van der Waals surface area contributed by atoms with Crippen LogP contribution >= 0.6 is 11.3 Å². The number of hydrogen-bond acceptors (Lipinski definition) is 4.